The fourth-order valence-corrected chi connectivity index (χ4v) is 2.50. The Hall–Kier alpha value is -2.80. The van der Waals surface area contributed by atoms with Crippen LogP contribution in [0.1, 0.15) is 10.4 Å². The van der Waals surface area contributed by atoms with Crippen LogP contribution >= 0.6 is 11.6 Å². The number of hydrogen-bond donors (Lipinski definition) is 1. The van der Waals surface area contributed by atoms with Crippen molar-refractivity contribution in [3.8, 4) is 17.3 Å². The normalized spacial score (nSPS) is 10.7. The Morgan fingerprint density at radius 3 is 2.52 bits per heavy atom. The molecule has 0 spiro atoms. The number of aromatic nitrogens is 3. The number of nitrogens with two attached hydrogens (primary N) is 1. The minimum absolute atomic E-state index is 0.0392. The lowest BCUT2D eigenvalue weighted by atomic mass is 10.2. The molecule has 2 heterocycles. The van der Waals surface area contributed by atoms with Crippen LogP contribution in [0.2, 0.25) is 5.15 Å². The van der Waals surface area contributed by atoms with Crippen LogP contribution in [0.15, 0.2) is 30.6 Å². The molecule has 0 unspecified atom stereocenters. The first-order valence-electron chi connectivity index (χ1n) is 6.61. The second-order valence-corrected chi connectivity index (χ2v) is 5.04. The summed E-state index contributed by atoms with van der Waals surface area (Å²) >= 11 is 6.01. The molecule has 0 saturated heterocycles. The SMILES string of the molecule is COc1cc2ncn(-c3ccc(C(N)=O)c(Cl)n3)c2cc1OC. The van der Waals surface area contributed by atoms with E-state index in [4.69, 9.17) is 26.8 Å². The Kier molecular flexibility index (Phi) is 3.79. The lowest BCUT2D eigenvalue weighted by Gasteiger charge is -2.09. The number of fused-ring (bicyclic) bond motifs is 1. The highest BCUT2D eigenvalue weighted by molar-refractivity contribution is 6.32. The zero-order valence-corrected chi connectivity index (χ0v) is 13.2. The number of nitrogens with zero attached hydrogens (tertiary/aromatic N) is 3. The lowest BCUT2D eigenvalue weighted by molar-refractivity contribution is 0.1000. The molecular formula is C15H13ClN4O3. The first-order chi connectivity index (χ1) is 11.0. The van der Waals surface area contributed by atoms with Crippen molar-refractivity contribution in [3.05, 3.63) is 41.3 Å². The van der Waals surface area contributed by atoms with Crippen LogP contribution in [-0.4, -0.2) is 34.7 Å². The average Bonchev–Trinajstić information content (AvgIpc) is 2.95. The lowest BCUT2D eigenvalue weighted by Crippen LogP contribution is -2.12. The topological polar surface area (TPSA) is 92.3 Å². The van der Waals surface area contributed by atoms with E-state index in [0.29, 0.717) is 22.8 Å². The molecule has 1 amide bonds. The van der Waals surface area contributed by atoms with Crippen molar-refractivity contribution in [2.24, 2.45) is 5.73 Å². The van der Waals surface area contributed by atoms with Gasteiger partial charge in [-0.2, -0.15) is 0 Å². The van der Waals surface area contributed by atoms with Gasteiger partial charge in [0.1, 0.15) is 17.3 Å². The van der Waals surface area contributed by atoms with Crippen LogP contribution < -0.4 is 15.2 Å². The number of pyridine rings is 1. The largest absolute Gasteiger partial charge is 0.493 e. The zero-order valence-electron chi connectivity index (χ0n) is 12.4. The molecule has 7 nitrogen and oxygen atoms in total. The van der Waals surface area contributed by atoms with Gasteiger partial charge in [-0.3, -0.25) is 9.36 Å². The summed E-state index contributed by atoms with van der Waals surface area (Å²) in [7, 11) is 3.12. The van der Waals surface area contributed by atoms with E-state index in [1.165, 1.54) is 6.07 Å². The van der Waals surface area contributed by atoms with Crippen molar-refractivity contribution in [1.82, 2.24) is 14.5 Å². The molecule has 0 radical (unpaired) electrons. The Morgan fingerprint density at radius 1 is 1.22 bits per heavy atom. The van der Waals surface area contributed by atoms with Gasteiger partial charge < -0.3 is 15.2 Å². The number of methoxy groups -OCH3 is 2. The van der Waals surface area contributed by atoms with E-state index in [1.807, 2.05) is 0 Å². The molecule has 23 heavy (non-hydrogen) atoms. The van der Waals surface area contributed by atoms with Gasteiger partial charge in [0, 0.05) is 12.1 Å². The van der Waals surface area contributed by atoms with Crippen molar-refractivity contribution in [3.63, 3.8) is 0 Å². The van der Waals surface area contributed by atoms with Gasteiger partial charge in [-0.1, -0.05) is 11.6 Å². The van der Waals surface area contributed by atoms with Gasteiger partial charge in [0.05, 0.1) is 30.8 Å². The minimum atomic E-state index is -0.629. The first-order valence-corrected chi connectivity index (χ1v) is 6.98. The molecule has 0 fully saturated rings. The fraction of sp³-hybridized carbons (Fsp3) is 0.133. The standard InChI is InChI=1S/C15H13ClN4O3/c1-22-11-5-9-10(6-12(11)23-2)20(7-18-9)13-4-3-8(15(17)21)14(16)19-13/h3-7H,1-2H3,(H2,17,21). The maximum absolute atomic E-state index is 11.2. The van der Waals surface area contributed by atoms with E-state index < -0.39 is 5.91 Å². The van der Waals surface area contributed by atoms with Gasteiger partial charge in [-0.15, -0.1) is 0 Å². The number of amides is 1. The molecule has 0 aliphatic heterocycles. The van der Waals surface area contributed by atoms with Crippen molar-refractivity contribution < 1.29 is 14.3 Å². The quantitative estimate of drug-likeness (QED) is 0.739. The van der Waals surface area contributed by atoms with Crippen LogP contribution in [0.3, 0.4) is 0 Å². The molecular weight excluding hydrogens is 320 g/mol. The molecule has 3 rings (SSSR count). The van der Waals surface area contributed by atoms with E-state index in [-0.39, 0.29) is 10.7 Å². The van der Waals surface area contributed by atoms with E-state index in [1.54, 1.807) is 43.3 Å². The molecule has 1 aromatic carbocycles. The highest BCUT2D eigenvalue weighted by Gasteiger charge is 2.14. The third kappa shape index (κ3) is 2.55. The van der Waals surface area contributed by atoms with Gasteiger partial charge in [0.25, 0.3) is 5.91 Å². The summed E-state index contributed by atoms with van der Waals surface area (Å²) in [4.78, 5) is 19.8. The van der Waals surface area contributed by atoms with Crippen LogP contribution in [0.5, 0.6) is 11.5 Å². The van der Waals surface area contributed by atoms with Gasteiger partial charge in [0.15, 0.2) is 11.5 Å². The maximum Gasteiger partial charge on any atom is 0.251 e. The second kappa shape index (κ2) is 5.77. The van der Waals surface area contributed by atoms with E-state index in [2.05, 4.69) is 9.97 Å². The summed E-state index contributed by atoms with van der Waals surface area (Å²) < 4.78 is 12.3. The Balaban J connectivity index is 2.17. The molecule has 8 heteroatoms. The summed E-state index contributed by atoms with van der Waals surface area (Å²) in [6.07, 6.45) is 1.60. The molecule has 0 saturated carbocycles. The average molecular weight is 333 g/mol. The third-order valence-electron chi connectivity index (χ3n) is 3.40. The highest BCUT2D eigenvalue weighted by atomic mass is 35.5. The summed E-state index contributed by atoms with van der Waals surface area (Å²) in [5.74, 6) is 1.03. The number of primary amides is 1. The van der Waals surface area contributed by atoms with Gasteiger partial charge in [0.2, 0.25) is 0 Å². The molecule has 3 aromatic rings. The van der Waals surface area contributed by atoms with Crippen LogP contribution in [0.25, 0.3) is 16.9 Å². The summed E-state index contributed by atoms with van der Waals surface area (Å²) in [5.41, 5.74) is 6.87. The molecule has 2 aromatic heterocycles. The van der Waals surface area contributed by atoms with Crippen LogP contribution in [0.4, 0.5) is 0 Å². The predicted octanol–water partition coefficient (Wildman–Crippen LogP) is 2.19. The minimum Gasteiger partial charge on any atom is -0.493 e. The van der Waals surface area contributed by atoms with Gasteiger partial charge in [-0.05, 0) is 12.1 Å². The number of halogens is 1. The number of carbonyl (C=O) groups is 1. The van der Waals surface area contributed by atoms with Crippen molar-refractivity contribution in [2.45, 2.75) is 0 Å². The summed E-state index contributed by atoms with van der Waals surface area (Å²) in [6, 6.07) is 6.73. The Morgan fingerprint density at radius 2 is 1.91 bits per heavy atom. The first kappa shape index (κ1) is 15.1. The third-order valence-corrected chi connectivity index (χ3v) is 3.69. The Labute approximate surface area is 136 Å². The molecule has 118 valence electrons. The molecule has 0 aliphatic rings. The Bertz CT molecular complexity index is 907. The van der Waals surface area contributed by atoms with Crippen LogP contribution in [-0.2, 0) is 0 Å². The van der Waals surface area contributed by atoms with Gasteiger partial charge in [-0.25, -0.2) is 9.97 Å². The molecule has 0 aliphatic carbocycles. The smallest absolute Gasteiger partial charge is 0.251 e. The van der Waals surface area contributed by atoms with Crippen molar-refractivity contribution in [2.75, 3.05) is 14.2 Å². The zero-order chi connectivity index (χ0) is 16.6. The van der Waals surface area contributed by atoms with E-state index >= 15 is 0 Å². The summed E-state index contributed by atoms with van der Waals surface area (Å²) in [5, 5.41) is 0.0392. The monoisotopic (exact) mass is 332 g/mol. The number of benzene rings is 1. The number of carbonyl (C=O) groups excluding carboxylic acids is 1. The molecule has 0 atom stereocenters. The molecule has 2 N–H and O–H groups in total. The van der Waals surface area contributed by atoms with Crippen molar-refractivity contribution in [1.29, 1.82) is 0 Å². The fourth-order valence-electron chi connectivity index (χ4n) is 2.26. The molecule has 0 bridgehead atoms. The number of hydrogen-bond acceptors (Lipinski definition) is 5. The van der Waals surface area contributed by atoms with E-state index in [9.17, 15) is 4.79 Å². The second-order valence-electron chi connectivity index (χ2n) is 4.68. The number of rotatable bonds is 4. The van der Waals surface area contributed by atoms with Gasteiger partial charge >= 0.3 is 0 Å². The number of ether oxygens (including phenoxy) is 2. The van der Waals surface area contributed by atoms with Crippen molar-refractivity contribution >= 4 is 28.5 Å². The number of imidazole rings is 1. The van der Waals surface area contributed by atoms with E-state index in [0.717, 1.165) is 5.52 Å². The van der Waals surface area contributed by atoms with Crippen LogP contribution in [0, 0.1) is 0 Å². The maximum atomic E-state index is 11.2. The predicted molar refractivity (Wildman–Crippen MR) is 85.5 cm³/mol. The summed E-state index contributed by atoms with van der Waals surface area (Å²) in [6.45, 7) is 0. The highest BCUT2D eigenvalue weighted by Crippen LogP contribution is 2.32.